The van der Waals surface area contributed by atoms with Gasteiger partial charge in [-0.05, 0) is 30.2 Å². The fourth-order valence-corrected chi connectivity index (χ4v) is 1.46. The number of hydrogen-bond donors (Lipinski definition) is 2. The fraction of sp³-hybridized carbons (Fsp3) is 0.400. The molecule has 7 heteroatoms. The monoisotopic (exact) mass is 308 g/mol. The summed E-state index contributed by atoms with van der Waals surface area (Å²) in [6.45, 7) is 4.08. The van der Waals surface area contributed by atoms with Crippen LogP contribution in [0.4, 0.5) is 4.79 Å². The molecule has 0 aliphatic rings. The molecule has 1 aromatic carbocycles. The molecule has 0 spiro atoms. The summed E-state index contributed by atoms with van der Waals surface area (Å²) < 4.78 is 9.79. The maximum atomic E-state index is 11.5. The Morgan fingerprint density at radius 2 is 1.77 bits per heavy atom. The number of benzene rings is 1. The van der Waals surface area contributed by atoms with Crippen molar-refractivity contribution in [3.05, 3.63) is 29.8 Å². The molecule has 0 atom stereocenters. The van der Waals surface area contributed by atoms with E-state index in [2.05, 4.69) is 15.4 Å². The molecule has 0 radical (unpaired) electrons. The minimum absolute atomic E-state index is 0.297. The fourth-order valence-electron chi connectivity index (χ4n) is 1.46. The smallest absolute Gasteiger partial charge is 0.337 e. The van der Waals surface area contributed by atoms with E-state index in [9.17, 15) is 14.4 Å². The van der Waals surface area contributed by atoms with Gasteiger partial charge >= 0.3 is 12.0 Å². The number of hydrogen-bond acceptors (Lipinski definition) is 5. The van der Waals surface area contributed by atoms with Crippen molar-refractivity contribution in [2.45, 2.75) is 13.8 Å². The van der Waals surface area contributed by atoms with Crippen LogP contribution in [0, 0.1) is 5.92 Å². The molecule has 0 aliphatic carbocycles. The third-order valence-corrected chi connectivity index (χ3v) is 2.57. The first-order chi connectivity index (χ1) is 10.4. The van der Waals surface area contributed by atoms with Crippen molar-refractivity contribution in [3.8, 4) is 5.75 Å². The van der Waals surface area contributed by atoms with E-state index in [1.54, 1.807) is 12.1 Å². The molecule has 7 nitrogen and oxygen atoms in total. The predicted octanol–water partition coefficient (Wildman–Crippen LogP) is 1.33. The van der Waals surface area contributed by atoms with Gasteiger partial charge in [0.2, 0.25) is 0 Å². The van der Waals surface area contributed by atoms with Crippen molar-refractivity contribution in [2.75, 3.05) is 20.3 Å². The first kappa shape index (κ1) is 17.5. The number of carbonyl (C=O) groups excluding carboxylic acids is 3. The standard InChI is InChI=1S/C15H20N2O5/c1-10(2)8-16-15(20)17-13(18)9-22-12-6-4-11(5-7-12)14(19)21-3/h4-7,10H,8-9H2,1-3H3,(H2,16,17,18,20). The van der Waals surface area contributed by atoms with Crippen LogP contribution in [0.5, 0.6) is 5.75 Å². The lowest BCUT2D eigenvalue weighted by atomic mass is 10.2. The predicted molar refractivity (Wildman–Crippen MR) is 79.7 cm³/mol. The third kappa shape index (κ3) is 6.25. The summed E-state index contributed by atoms with van der Waals surface area (Å²) in [5.41, 5.74) is 0.382. The summed E-state index contributed by atoms with van der Waals surface area (Å²) in [6.07, 6.45) is 0. The van der Waals surface area contributed by atoms with Gasteiger partial charge in [0.25, 0.3) is 5.91 Å². The molecule has 22 heavy (non-hydrogen) atoms. The summed E-state index contributed by atoms with van der Waals surface area (Å²) >= 11 is 0. The normalized spacial score (nSPS) is 10.0. The molecule has 120 valence electrons. The number of methoxy groups -OCH3 is 1. The average molecular weight is 308 g/mol. The molecule has 0 saturated carbocycles. The number of esters is 1. The molecule has 0 bridgehead atoms. The van der Waals surface area contributed by atoms with E-state index >= 15 is 0 Å². The van der Waals surface area contributed by atoms with Gasteiger partial charge in [0, 0.05) is 6.54 Å². The molecular weight excluding hydrogens is 288 g/mol. The Balaban J connectivity index is 2.37. The van der Waals surface area contributed by atoms with Crippen molar-refractivity contribution < 1.29 is 23.9 Å². The summed E-state index contributed by atoms with van der Waals surface area (Å²) in [7, 11) is 1.29. The van der Waals surface area contributed by atoms with Gasteiger partial charge in [0.05, 0.1) is 12.7 Å². The highest BCUT2D eigenvalue weighted by atomic mass is 16.5. The molecule has 2 N–H and O–H groups in total. The first-order valence-corrected chi connectivity index (χ1v) is 6.81. The number of ether oxygens (including phenoxy) is 2. The van der Waals surface area contributed by atoms with E-state index in [0.29, 0.717) is 23.8 Å². The second-order valence-electron chi connectivity index (χ2n) is 4.96. The van der Waals surface area contributed by atoms with Crippen molar-refractivity contribution in [1.82, 2.24) is 10.6 Å². The molecule has 0 fully saturated rings. The van der Waals surface area contributed by atoms with Crippen LogP contribution in [-0.4, -0.2) is 38.2 Å². The zero-order valence-corrected chi connectivity index (χ0v) is 12.8. The molecule has 1 aromatic rings. The topological polar surface area (TPSA) is 93.7 Å². The van der Waals surface area contributed by atoms with Crippen molar-refractivity contribution in [1.29, 1.82) is 0 Å². The molecule has 0 heterocycles. The Bertz CT molecular complexity index is 525. The van der Waals surface area contributed by atoms with Crippen molar-refractivity contribution in [3.63, 3.8) is 0 Å². The van der Waals surface area contributed by atoms with E-state index in [1.165, 1.54) is 19.2 Å². The SMILES string of the molecule is COC(=O)c1ccc(OCC(=O)NC(=O)NCC(C)C)cc1. The average Bonchev–Trinajstić information content (AvgIpc) is 2.50. The van der Waals surface area contributed by atoms with E-state index in [-0.39, 0.29) is 6.61 Å². The Morgan fingerprint density at radius 1 is 1.14 bits per heavy atom. The van der Waals surface area contributed by atoms with Gasteiger partial charge in [-0.2, -0.15) is 0 Å². The van der Waals surface area contributed by atoms with E-state index < -0.39 is 17.9 Å². The van der Waals surface area contributed by atoms with Gasteiger partial charge in [0.1, 0.15) is 5.75 Å². The van der Waals surface area contributed by atoms with Crippen LogP contribution >= 0.6 is 0 Å². The van der Waals surface area contributed by atoms with Gasteiger partial charge in [-0.15, -0.1) is 0 Å². The molecule has 0 unspecified atom stereocenters. The Kier molecular flexibility index (Phi) is 6.88. The third-order valence-electron chi connectivity index (χ3n) is 2.57. The molecule has 0 aromatic heterocycles. The highest BCUT2D eigenvalue weighted by molar-refractivity contribution is 5.95. The van der Waals surface area contributed by atoms with Gasteiger partial charge in [0.15, 0.2) is 6.61 Å². The molecule has 0 saturated heterocycles. The summed E-state index contributed by atoms with van der Waals surface area (Å²) in [4.78, 5) is 34.1. The molecule has 0 aliphatic heterocycles. The molecular formula is C15H20N2O5. The van der Waals surface area contributed by atoms with Gasteiger partial charge in [-0.25, -0.2) is 9.59 Å². The first-order valence-electron chi connectivity index (χ1n) is 6.81. The highest BCUT2D eigenvalue weighted by Crippen LogP contribution is 2.12. The van der Waals surface area contributed by atoms with Crippen molar-refractivity contribution in [2.24, 2.45) is 5.92 Å². The van der Waals surface area contributed by atoms with Gasteiger partial charge in [-0.1, -0.05) is 13.8 Å². The van der Waals surface area contributed by atoms with Crippen LogP contribution in [0.2, 0.25) is 0 Å². The maximum Gasteiger partial charge on any atom is 0.337 e. The van der Waals surface area contributed by atoms with Gasteiger partial charge < -0.3 is 14.8 Å². The zero-order chi connectivity index (χ0) is 16.5. The van der Waals surface area contributed by atoms with Gasteiger partial charge in [-0.3, -0.25) is 10.1 Å². The minimum atomic E-state index is -0.557. The summed E-state index contributed by atoms with van der Waals surface area (Å²) in [6, 6.07) is 5.57. The Labute approximate surface area is 129 Å². The van der Waals surface area contributed by atoms with Crippen molar-refractivity contribution >= 4 is 17.9 Å². The Morgan fingerprint density at radius 3 is 2.32 bits per heavy atom. The van der Waals surface area contributed by atoms with Crippen LogP contribution in [0.15, 0.2) is 24.3 Å². The number of amides is 3. The lowest BCUT2D eigenvalue weighted by molar-refractivity contribution is -0.122. The van der Waals surface area contributed by atoms with Crippen LogP contribution in [0.3, 0.4) is 0 Å². The second-order valence-corrected chi connectivity index (χ2v) is 4.96. The van der Waals surface area contributed by atoms with E-state index in [4.69, 9.17) is 4.74 Å². The highest BCUT2D eigenvalue weighted by Gasteiger charge is 2.09. The maximum absolute atomic E-state index is 11.5. The summed E-state index contributed by atoms with van der Waals surface area (Å²) in [5, 5.41) is 4.72. The number of imide groups is 1. The largest absolute Gasteiger partial charge is 0.484 e. The van der Waals surface area contributed by atoms with Crippen LogP contribution < -0.4 is 15.4 Å². The van der Waals surface area contributed by atoms with E-state index in [1.807, 2.05) is 13.8 Å². The van der Waals surface area contributed by atoms with Crippen LogP contribution in [-0.2, 0) is 9.53 Å². The lowest BCUT2D eigenvalue weighted by Crippen LogP contribution is -2.42. The second kappa shape index (κ2) is 8.66. The number of urea groups is 1. The zero-order valence-electron chi connectivity index (χ0n) is 12.8. The quantitative estimate of drug-likeness (QED) is 0.773. The molecule has 1 rings (SSSR count). The number of carbonyl (C=O) groups is 3. The van der Waals surface area contributed by atoms with Crippen LogP contribution in [0.1, 0.15) is 24.2 Å². The van der Waals surface area contributed by atoms with E-state index in [0.717, 1.165) is 0 Å². The summed E-state index contributed by atoms with van der Waals surface area (Å²) in [5.74, 6) is -0.305. The number of nitrogens with one attached hydrogen (secondary N) is 2. The number of rotatable bonds is 6. The lowest BCUT2D eigenvalue weighted by Gasteiger charge is -2.09. The molecule has 3 amide bonds. The Hall–Kier alpha value is -2.57. The minimum Gasteiger partial charge on any atom is -0.484 e. The van der Waals surface area contributed by atoms with Crippen LogP contribution in [0.25, 0.3) is 0 Å².